The maximum absolute atomic E-state index is 3.31. The Hall–Kier alpha value is -2.61. The minimum atomic E-state index is 0. The zero-order valence-electron chi connectivity index (χ0n) is 25.0. The molecule has 0 amide bonds. The molecule has 6 aromatic rings. The van der Waals surface area contributed by atoms with E-state index in [0.717, 1.165) is 9.52 Å². The third-order valence-corrected chi connectivity index (χ3v) is 9.22. The Morgan fingerprint density at radius 1 is 0.628 bits per heavy atom. The van der Waals surface area contributed by atoms with Crippen molar-refractivity contribution in [3.05, 3.63) is 139 Å². The van der Waals surface area contributed by atoms with E-state index in [1.54, 1.807) is 0 Å². The molecular formula is C39H34Cl2SiZr. The maximum atomic E-state index is 3.31. The van der Waals surface area contributed by atoms with Crippen molar-refractivity contribution in [1.82, 2.24) is 0 Å². The van der Waals surface area contributed by atoms with Gasteiger partial charge >= 0.3 is 26.2 Å². The molecule has 0 saturated carbocycles. The molecule has 0 unspecified atom stereocenters. The largest absolute Gasteiger partial charge is 4.00 e. The smallest absolute Gasteiger partial charge is 1.00 e. The molecule has 0 N–H and O–H groups in total. The average Bonchev–Trinajstić information content (AvgIpc) is 3.60. The molecule has 43 heavy (non-hydrogen) atoms. The molecule has 0 atom stereocenters. The van der Waals surface area contributed by atoms with E-state index in [1.807, 2.05) is 6.07 Å². The topological polar surface area (TPSA) is 0 Å². The Balaban J connectivity index is 0.000000267. The predicted molar refractivity (Wildman–Crippen MR) is 174 cm³/mol. The van der Waals surface area contributed by atoms with Crippen molar-refractivity contribution < 1.29 is 51.0 Å². The number of halogens is 2. The van der Waals surface area contributed by atoms with E-state index in [-0.39, 0.29) is 51.0 Å². The summed E-state index contributed by atoms with van der Waals surface area (Å²) in [5.74, 6) is 1.02. The second-order valence-electron chi connectivity index (χ2n) is 11.2. The molecule has 0 bridgehead atoms. The van der Waals surface area contributed by atoms with Crippen molar-refractivity contribution in [2.24, 2.45) is 0 Å². The quantitative estimate of drug-likeness (QED) is 0.197. The fourth-order valence-corrected chi connectivity index (χ4v) is 7.05. The van der Waals surface area contributed by atoms with Crippen LogP contribution < -0.4 is 35.2 Å². The number of benzene rings is 5. The summed E-state index contributed by atoms with van der Waals surface area (Å²) in [6.45, 7) is 9.11. The molecule has 1 aliphatic rings. The van der Waals surface area contributed by atoms with Crippen molar-refractivity contribution in [3.8, 4) is 33.4 Å². The van der Waals surface area contributed by atoms with Gasteiger partial charge in [0.15, 0.2) is 0 Å². The van der Waals surface area contributed by atoms with Crippen LogP contribution in [0.2, 0.25) is 0 Å². The number of fused-ring (bicyclic) bond motifs is 4. The van der Waals surface area contributed by atoms with Gasteiger partial charge in [-0.25, -0.2) is 0 Å². The maximum Gasteiger partial charge on any atom is 4.00 e. The van der Waals surface area contributed by atoms with Crippen LogP contribution in [0.15, 0.2) is 121 Å². The van der Waals surface area contributed by atoms with E-state index >= 15 is 0 Å². The monoisotopic (exact) mass is 690 g/mol. The molecule has 0 fully saturated rings. The Labute approximate surface area is 291 Å². The van der Waals surface area contributed by atoms with Crippen LogP contribution >= 0.6 is 0 Å². The van der Waals surface area contributed by atoms with Crippen LogP contribution in [0.1, 0.15) is 50.7 Å². The van der Waals surface area contributed by atoms with Crippen LogP contribution in [-0.2, 0) is 26.2 Å². The van der Waals surface area contributed by atoms with E-state index in [1.165, 1.54) is 65.7 Å². The predicted octanol–water partition coefficient (Wildman–Crippen LogP) is 3.27. The first-order chi connectivity index (χ1) is 19.5. The van der Waals surface area contributed by atoms with Crippen molar-refractivity contribution in [2.45, 2.75) is 39.5 Å². The Bertz CT molecular complexity index is 1740. The van der Waals surface area contributed by atoms with Crippen LogP contribution in [0, 0.1) is 6.07 Å². The molecule has 0 saturated heterocycles. The summed E-state index contributed by atoms with van der Waals surface area (Å²) < 4.78 is 0. The molecule has 212 valence electrons. The number of hydrogen-bond acceptors (Lipinski definition) is 0. The SMILES string of the molecule is CC(C)c1cc2c(-c3ccccc3C(C)C)c(-c3ccccc3)ccc2[cH-]1.[Cl-].[Cl-].[Zr+4].[c-]1cccc2c1[Si]c1ccccc1-2. The summed E-state index contributed by atoms with van der Waals surface area (Å²) in [4.78, 5) is 0. The Morgan fingerprint density at radius 3 is 2.00 bits per heavy atom. The minimum Gasteiger partial charge on any atom is -1.00 e. The van der Waals surface area contributed by atoms with Gasteiger partial charge in [-0.1, -0.05) is 129 Å². The molecular weight excluding hydrogens is 659 g/mol. The normalized spacial score (nSPS) is 11.0. The molecule has 4 heteroatoms. The summed E-state index contributed by atoms with van der Waals surface area (Å²) in [6, 6.07) is 47.2. The van der Waals surface area contributed by atoms with Gasteiger partial charge in [0.05, 0.1) is 9.52 Å². The van der Waals surface area contributed by atoms with Crippen molar-refractivity contribution in [1.29, 1.82) is 0 Å². The van der Waals surface area contributed by atoms with Crippen LogP contribution in [0.4, 0.5) is 0 Å². The third kappa shape index (κ3) is 7.21. The molecule has 6 aromatic carbocycles. The van der Waals surface area contributed by atoms with Crippen LogP contribution in [0.3, 0.4) is 0 Å². The van der Waals surface area contributed by atoms with Gasteiger partial charge in [-0.3, -0.25) is 0 Å². The summed E-state index contributed by atoms with van der Waals surface area (Å²) in [5.41, 5.74) is 10.9. The van der Waals surface area contributed by atoms with Gasteiger partial charge < -0.3 is 24.8 Å². The number of rotatable bonds is 4. The average molecular weight is 693 g/mol. The van der Waals surface area contributed by atoms with E-state index < -0.39 is 0 Å². The fraction of sp³-hybridized carbons (Fsp3) is 0.154. The molecule has 0 spiro atoms. The van der Waals surface area contributed by atoms with E-state index in [9.17, 15) is 0 Å². The first-order valence-electron chi connectivity index (χ1n) is 14.3. The van der Waals surface area contributed by atoms with Crippen LogP contribution in [0.5, 0.6) is 0 Å². The van der Waals surface area contributed by atoms with Crippen molar-refractivity contribution in [3.63, 3.8) is 0 Å². The Morgan fingerprint density at radius 2 is 1.28 bits per heavy atom. The van der Waals surface area contributed by atoms with Gasteiger partial charge in [0.25, 0.3) is 0 Å². The first kappa shape index (κ1) is 34.9. The molecule has 0 aliphatic carbocycles. The first-order valence-corrected chi connectivity index (χ1v) is 15.3. The van der Waals surface area contributed by atoms with Crippen molar-refractivity contribution >= 4 is 30.7 Å². The third-order valence-electron chi connectivity index (χ3n) is 7.85. The van der Waals surface area contributed by atoms with Crippen LogP contribution in [-0.4, -0.2) is 9.52 Å². The summed E-state index contributed by atoms with van der Waals surface area (Å²) in [6.07, 6.45) is 0. The summed E-state index contributed by atoms with van der Waals surface area (Å²) >= 11 is 0. The molecule has 7 rings (SSSR count). The second-order valence-corrected chi connectivity index (χ2v) is 12.5. The fourth-order valence-electron chi connectivity index (χ4n) is 5.74. The van der Waals surface area contributed by atoms with Gasteiger partial charge in [0, 0.05) is 0 Å². The zero-order chi connectivity index (χ0) is 27.6. The second kappa shape index (κ2) is 15.4. The van der Waals surface area contributed by atoms with E-state index in [4.69, 9.17) is 0 Å². The Kier molecular flexibility index (Phi) is 12.5. The standard InChI is InChI=1S/C27H27.C12H7Si.2ClH.Zr/c1-18(2)22-16-21-14-15-24(20-10-6-5-7-11-20)27(26(21)17-22)25-13-9-8-12-23(25)19(3)4;1-3-7-11-9(5-1)10-6-2-4-8-12(10)13-11;;;/h5-19H,1-4H3;1-7H;2*1H;/q2*-1;;;+4/p-2. The minimum absolute atomic E-state index is 0. The van der Waals surface area contributed by atoms with Gasteiger partial charge in [0.1, 0.15) is 0 Å². The van der Waals surface area contributed by atoms with Crippen molar-refractivity contribution in [2.75, 3.05) is 0 Å². The van der Waals surface area contributed by atoms with Crippen LogP contribution in [0.25, 0.3) is 44.2 Å². The molecule has 1 heterocycles. The summed E-state index contributed by atoms with van der Waals surface area (Å²) in [7, 11) is 0.795. The number of hydrogen-bond donors (Lipinski definition) is 0. The molecule has 2 radical (unpaired) electrons. The van der Waals surface area contributed by atoms with Gasteiger partial charge in [-0.2, -0.15) is 35.5 Å². The summed E-state index contributed by atoms with van der Waals surface area (Å²) in [5, 5.41) is 5.53. The molecule has 0 aromatic heterocycles. The van der Waals surface area contributed by atoms with E-state index in [2.05, 4.69) is 149 Å². The molecule has 1 aliphatic heterocycles. The van der Waals surface area contributed by atoms with E-state index in [0.29, 0.717) is 11.8 Å². The zero-order valence-corrected chi connectivity index (χ0v) is 29.9. The van der Waals surface area contributed by atoms with Gasteiger partial charge in [0.2, 0.25) is 0 Å². The molecule has 0 nitrogen and oxygen atoms in total. The van der Waals surface area contributed by atoms with Gasteiger partial charge in [-0.15, -0.1) is 34.0 Å². The van der Waals surface area contributed by atoms with Gasteiger partial charge in [-0.05, 0) is 34.1 Å².